The van der Waals surface area contributed by atoms with Crippen LogP contribution in [0.4, 0.5) is 5.88 Å². The molecule has 1 heterocycles. The molecule has 1 unspecified atom stereocenters. The van der Waals surface area contributed by atoms with E-state index in [0.717, 1.165) is 0 Å². The summed E-state index contributed by atoms with van der Waals surface area (Å²) in [6.45, 7) is 2.59. The molecule has 0 saturated heterocycles. The van der Waals surface area contributed by atoms with Gasteiger partial charge in [0.1, 0.15) is 10.7 Å². The van der Waals surface area contributed by atoms with E-state index in [1.807, 2.05) is 6.92 Å². The highest BCUT2D eigenvalue weighted by molar-refractivity contribution is 7.99. The second-order valence-corrected chi connectivity index (χ2v) is 4.28. The van der Waals surface area contributed by atoms with Crippen LogP contribution in [0, 0.1) is 10.1 Å². The summed E-state index contributed by atoms with van der Waals surface area (Å²) >= 11 is 1.61. The minimum Gasteiger partial charge on any atom is -0.405 e. The fraction of sp³-hybridized carbons (Fsp3) is 0.500. The van der Waals surface area contributed by atoms with Crippen molar-refractivity contribution in [2.45, 2.75) is 17.9 Å². The number of furan rings is 1. The Morgan fingerprint density at radius 1 is 1.71 bits per heavy atom. The normalized spacial score (nSPS) is 12.7. The highest BCUT2D eigenvalue weighted by Gasteiger charge is 2.12. The summed E-state index contributed by atoms with van der Waals surface area (Å²) in [6, 6.07) is 2.98. The van der Waals surface area contributed by atoms with Gasteiger partial charge in [-0.25, -0.2) is 0 Å². The van der Waals surface area contributed by atoms with Gasteiger partial charge in [0, 0.05) is 11.8 Å². The smallest absolute Gasteiger partial charge is 0.405 e. The van der Waals surface area contributed by atoms with Crippen molar-refractivity contribution in [2.24, 2.45) is 5.73 Å². The second kappa shape index (κ2) is 5.02. The fourth-order valence-electron chi connectivity index (χ4n) is 0.835. The number of thioether (sulfide) groups is 1. The number of nitro groups is 1. The van der Waals surface area contributed by atoms with Gasteiger partial charge in [0.15, 0.2) is 0 Å². The van der Waals surface area contributed by atoms with Crippen molar-refractivity contribution in [3.05, 3.63) is 28.0 Å². The molecule has 0 saturated carbocycles. The highest BCUT2D eigenvalue weighted by atomic mass is 32.2. The summed E-state index contributed by atoms with van der Waals surface area (Å²) in [6.07, 6.45) is 0. The van der Waals surface area contributed by atoms with Crippen LogP contribution in [0.15, 0.2) is 16.5 Å². The molecular weight excluding hydrogens is 204 g/mol. The molecule has 0 aliphatic heterocycles. The van der Waals surface area contributed by atoms with Crippen molar-refractivity contribution in [3.8, 4) is 0 Å². The fourth-order valence-corrected chi connectivity index (χ4v) is 1.57. The standard InChI is InChI=1S/C8H12N2O3S/c1-6(4-9)14-5-7-2-3-8(13-7)10(11)12/h2-3,6H,4-5,9H2,1H3. The van der Waals surface area contributed by atoms with Gasteiger partial charge in [-0.3, -0.25) is 10.1 Å². The third-order valence-electron chi connectivity index (χ3n) is 1.67. The third kappa shape index (κ3) is 3.04. The van der Waals surface area contributed by atoms with Crippen LogP contribution < -0.4 is 5.73 Å². The lowest BCUT2D eigenvalue weighted by atomic mass is 10.5. The first-order valence-corrected chi connectivity index (χ1v) is 5.23. The van der Waals surface area contributed by atoms with Crippen molar-refractivity contribution in [3.63, 3.8) is 0 Å². The van der Waals surface area contributed by atoms with Gasteiger partial charge in [-0.1, -0.05) is 6.92 Å². The molecule has 0 aliphatic carbocycles. The van der Waals surface area contributed by atoms with Gasteiger partial charge in [0.25, 0.3) is 0 Å². The topological polar surface area (TPSA) is 82.3 Å². The van der Waals surface area contributed by atoms with E-state index in [4.69, 9.17) is 10.2 Å². The number of hydrogen-bond acceptors (Lipinski definition) is 5. The summed E-state index contributed by atoms with van der Waals surface area (Å²) in [4.78, 5) is 9.75. The molecule has 78 valence electrons. The predicted octanol–water partition coefficient (Wildman–Crippen LogP) is 1.77. The maximum Gasteiger partial charge on any atom is 0.433 e. The largest absolute Gasteiger partial charge is 0.433 e. The van der Waals surface area contributed by atoms with Gasteiger partial charge >= 0.3 is 5.88 Å². The molecule has 2 N–H and O–H groups in total. The predicted molar refractivity (Wildman–Crippen MR) is 55.2 cm³/mol. The summed E-state index contributed by atoms with van der Waals surface area (Å²) in [5, 5.41) is 10.6. The van der Waals surface area contributed by atoms with E-state index in [9.17, 15) is 10.1 Å². The number of hydrogen-bond donors (Lipinski definition) is 1. The quantitative estimate of drug-likeness (QED) is 0.599. The van der Waals surface area contributed by atoms with Crippen LogP contribution in [0.25, 0.3) is 0 Å². The minimum absolute atomic E-state index is 0.207. The van der Waals surface area contributed by atoms with Gasteiger partial charge in [0.2, 0.25) is 0 Å². The van der Waals surface area contributed by atoms with Crippen molar-refractivity contribution in [1.82, 2.24) is 0 Å². The van der Waals surface area contributed by atoms with Gasteiger partial charge in [-0.05, 0) is 6.07 Å². The van der Waals surface area contributed by atoms with Crippen molar-refractivity contribution in [1.29, 1.82) is 0 Å². The summed E-state index contributed by atoms with van der Waals surface area (Å²) in [5.74, 6) is 1.02. The zero-order valence-corrected chi connectivity index (χ0v) is 8.62. The monoisotopic (exact) mass is 216 g/mol. The van der Waals surface area contributed by atoms with E-state index in [1.165, 1.54) is 6.07 Å². The van der Waals surface area contributed by atoms with Gasteiger partial charge in [-0.2, -0.15) is 0 Å². The van der Waals surface area contributed by atoms with E-state index in [2.05, 4.69) is 0 Å². The van der Waals surface area contributed by atoms with Crippen LogP contribution in [-0.2, 0) is 5.75 Å². The number of nitrogens with two attached hydrogens (primary N) is 1. The first kappa shape index (κ1) is 11.1. The number of rotatable bonds is 5. The molecule has 14 heavy (non-hydrogen) atoms. The summed E-state index contributed by atoms with van der Waals surface area (Å²) < 4.78 is 4.98. The summed E-state index contributed by atoms with van der Waals surface area (Å²) in [7, 11) is 0. The average molecular weight is 216 g/mol. The maximum absolute atomic E-state index is 10.3. The van der Waals surface area contributed by atoms with E-state index < -0.39 is 4.92 Å². The van der Waals surface area contributed by atoms with Gasteiger partial charge in [-0.15, -0.1) is 11.8 Å². The van der Waals surface area contributed by atoms with Crippen LogP contribution >= 0.6 is 11.8 Å². The Morgan fingerprint density at radius 2 is 2.43 bits per heavy atom. The molecule has 0 fully saturated rings. The molecule has 0 radical (unpaired) electrons. The Bertz CT molecular complexity index is 313. The van der Waals surface area contributed by atoms with Gasteiger partial charge in [0.05, 0.1) is 11.8 Å². The molecule has 6 heteroatoms. The third-order valence-corrected chi connectivity index (χ3v) is 2.88. The Labute approximate surface area is 85.8 Å². The summed E-state index contributed by atoms with van der Waals surface area (Å²) in [5.41, 5.74) is 5.43. The highest BCUT2D eigenvalue weighted by Crippen LogP contribution is 2.22. The molecule has 1 aromatic rings. The minimum atomic E-state index is -0.541. The lowest BCUT2D eigenvalue weighted by Crippen LogP contribution is -2.12. The van der Waals surface area contributed by atoms with Crippen molar-refractivity contribution >= 4 is 17.6 Å². The Kier molecular flexibility index (Phi) is 3.97. The Morgan fingerprint density at radius 3 is 2.93 bits per heavy atom. The lowest BCUT2D eigenvalue weighted by Gasteiger charge is -2.04. The Hall–Kier alpha value is -1.01. The Balaban J connectivity index is 2.48. The molecule has 1 aromatic heterocycles. The molecule has 0 aromatic carbocycles. The van der Waals surface area contributed by atoms with E-state index >= 15 is 0 Å². The first-order chi connectivity index (χ1) is 6.63. The zero-order chi connectivity index (χ0) is 10.6. The van der Waals surface area contributed by atoms with Crippen LogP contribution in [0.1, 0.15) is 12.7 Å². The van der Waals surface area contributed by atoms with E-state index in [1.54, 1.807) is 17.8 Å². The van der Waals surface area contributed by atoms with Crippen LogP contribution in [0.5, 0.6) is 0 Å². The zero-order valence-electron chi connectivity index (χ0n) is 7.80. The maximum atomic E-state index is 10.3. The van der Waals surface area contributed by atoms with Crippen LogP contribution in [0.3, 0.4) is 0 Å². The van der Waals surface area contributed by atoms with E-state index in [-0.39, 0.29) is 5.88 Å². The molecule has 0 bridgehead atoms. The SMILES string of the molecule is CC(CN)SCc1ccc([N+](=O)[O-])o1. The molecule has 1 atom stereocenters. The van der Waals surface area contributed by atoms with Gasteiger partial charge < -0.3 is 10.2 Å². The van der Waals surface area contributed by atoms with Crippen LogP contribution in [0.2, 0.25) is 0 Å². The molecule has 1 rings (SSSR count). The lowest BCUT2D eigenvalue weighted by molar-refractivity contribution is -0.402. The van der Waals surface area contributed by atoms with E-state index in [0.29, 0.717) is 23.3 Å². The molecule has 0 amide bonds. The first-order valence-electron chi connectivity index (χ1n) is 4.18. The molecular formula is C8H12N2O3S. The molecule has 0 spiro atoms. The molecule has 5 nitrogen and oxygen atoms in total. The van der Waals surface area contributed by atoms with Crippen molar-refractivity contribution < 1.29 is 9.34 Å². The van der Waals surface area contributed by atoms with Crippen LogP contribution in [-0.4, -0.2) is 16.7 Å². The number of nitrogens with zero attached hydrogens (tertiary/aromatic N) is 1. The molecule has 0 aliphatic rings. The average Bonchev–Trinajstić information content (AvgIpc) is 2.62. The van der Waals surface area contributed by atoms with Crippen molar-refractivity contribution in [2.75, 3.05) is 6.54 Å². The second-order valence-electron chi connectivity index (χ2n) is 2.85.